The molecule has 2 heterocycles. The fourth-order valence-electron chi connectivity index (χ4n) is 1.24. The van der Waals surface area contributed by atoms with Crippen molar-refractivity contribution in [2.24, 2.45) is 0 Å². The van der Waals surface area contributed by atoms with E-state index >= 15 is 0 Å². The molecule has 6 heteroatoms. The summed E-state index contributed by atoms with van der Waals surface area (Å²) in [5, 5.41) is 14.3. The van der Waals surface area contributed by atoms with Crippen LogP contribution in [0.4, 0.5) is 5.00 Å². The minimum Gasteiger partial charge on any atom is -0.293 e. The van der Waals surface area contributed by atoms with Crippen molar-refractivity contribution in [3.63, 3.8) is 0 Å². The summed E-state index contributed by atoms with van der Waals surface area (Å²) in [6, 6.07) is 4.76. The van der Waals surface area contributed by atoms with E-state index in [0.29, 0.717) is 11.3 Å². The van der Waals surface area contributed by atoms with Crippen molar-refractivity contribution in [2.75, 3.05) is 0 Å². The third-order valence-corrected chi connectivity index (χ3v) is 3.80. The average Bonchev–Trinajstić information content (AvgIpc) is 2.86. The Kier molecular flexibility index (Phi) is 3.12. The zero-order valence-electron chi connectivity index (χ0n) is 8.08. The highest BCUT2D eigenvalue weighted by molar-refractivity contribution is 7.17. The van der Waals surface area contributed by atoms with Crippen molar-refractivity contribution < 1.29 is 9.72 Å². The average molecular weight is 253 g/mol. The lowest BCUT2D eigenvalue weighted by Crippen LogP contribution is -1.99. The van der Waals surface area contributed by atoms with Gasteiger partial charge < -0.3 is 0 Å². The van der Waals surface area contributed by atoms with E-state index in [4.69, 9.17) is 0 Å². The van der Waals surface area contributed by atoms with Crippen molar-refractivity contribution in [3.05, 3.63) is 49.5 Å². The van der Waals surface area contributed by atoms with Gasteiger partial charge in [-0.3, -0.25) is 14.9 Å². The van der Waals surface area contributed by atoms with Gasteiger partial charge in [0.1, 0.15) is 0 Å². The number of rotatable bonds is 4. The summed E-state index contributed by atoms with van der Waals surface area (Å²) >= 11 is 2.46. The SMILES string of the molecule is O=C(Cc1ccsc1)c1ccc([N+](=O)[O-])s1. The number of carbonyl (C=O) groups excluding carboxylic acids is 1. The third-order valence-electron chi connectivity index (χ3n) is 1.99. The van der Waals surface area contributed by atoms with Crippen LogP contribution in [0.1, 0.15) is 15.2 Å². The molecule has 2 aromatic rings. The maximum atomic E-state index is 11.7. The Morgan fingerprint density at radius 2 is 2.19 bits per heavy atom. The molecule has 16 heavy (non-hydrogen) atoms. The summed E-state index contributed by atoms with van der Waals surface area (Å²) < 4.78 is 0. The maximum Gasteiger partial charge on any atom is 0.324 e. The minimum atomic E-state index is -0.480. The molecule has 82 valence electrons. The lowest BCUT2D eigenvalue weighted by atomic mass is 10.1. The van der Waals surface area contributed by atoms with E-state index in [9.17, 15) is 14.9 Å². The van der Waals surface area contributed by atoms with Gasteiger partial charge in [-0.1, -0.05) is 11.3 Å². The molecule has 0 amide bonds. The molecule has 0 radical (unpaired) electrons. The molecule has 0 spiro atoms. The van der Waals surface area contributed by atoms with Crippen molar-refractivity contribution in [1.82, 2.24) is 0 Å². The highest BCUT2D eigenvalue weighted by atomic mass is 32.1. The molecule has 0 saturated carbocycles. The number of hydrogen-bond acceptors (Lipinski definition) is 5. The van der Waals surface area contributed by atoms with Crippen molar-refractivity contribution in [1.29, 1.82) is 0 Å². The fourth-order valence-corrected chi connectivity index (χ4v) is 2.67. The first-order valence-electron chi connectivity index (χ1n) is 4.45. The highest BCUT2D eigenvalue weighted by Gasteiger charge is 2.15. The molecule has 0 bridgehead atoms. The minimum absolute atomic E-state index is 0.00803. The lowest BCUT2D eigenvalue weighted by Gasteiger charge is -1.93. The summed E-state index contributed by atoms with van der Waals surface area (Å²) in [7, 11) is 0. The van der Waals surface area contributed by atoms with E-state index in [2.05, 4.69) is 0 Å². The summed E-state index contributed by atoms with van der Waals surface area (Å²) in [5.74, 6) is -0.0727. The van der Waals surface area contributed by atoms with Gasteiger partial charge >= 0.3 is 5.00 Å². The van der Waals surface area contributed by atoms with Crippen LogP contribution in [-0.2, 0) is 6.42 Å². The summed E-state index contributed by atoms with van der Waals surface area (Å²) in [4.78, 5) is 22.2. The van der Waals surface area contributed by atoms with Gasteiger partial charge in [0.2, 0.25) is 0 Å². The van der Waals surface area contributed by atoms with Gasteiger partial charge in [0, 0.05) is 12.5 Å². The van der Waals surface area contributed by atoms with E-state index in [1.54, 1.807) is 0 Å². The lowest BCUT2D eigenvalue weighted by molar-refractivity contribution is -0.380. The first kappa shape index (κ1) is 11.0. The van der Waals surface area contributed by atoms with Crippen LogP contribution in [0.15, 0.2) is 29.0 Å². The van der Waals surface area contributed by atoms with Gasteiger partial charge in [-0.2, -0.15) is 11.3 Å². The van der Waals surface area contributed by atoms with Crippen LogP contribution in [0.2, 0.25) is 0 Å². The number of hydrogen-bond donors (Lipinski definition) is 0. The van der Waals surface area contributed by atoms with Gasteiger partial charge in [-0.25, -0.2) is 0 Å². The second-order valence-corrected chi connectivity index (χ2v) is 4.97. The Morgan fingerprint density at radius 3 is 2.75 bits per heavy atom. The maximum absolute atomic E-state index is 11.7. The monoisotopic (exact) mass is 253 g/mol. The first-order chi connectivity index (χ1) is 7.66. The van der Waals surface area contributed by atoms with Crippen LogP contribution < -0.4 is 0 Å². The van der Waals surface area contributed by atoms with Crippen LogP contribution in [0.5, 0.6) is 0 Å². The van der Waals surface area contributed by atoms with Gasteiger partial charge in [0.25, 0.3) is 0 Å². The topological polar surface area (TPSA) is 60.2 Å². The molecule has 0 aromatic carbocycles. The predicted molar refractivity (Wildman–Crippen MR) is 63.3 cm³/mol. The van der Waals surface area contributed by atoms with Crippen molar-refractivity contribution in [3.8, 4) is 0 Å². The molecule has 2 rings (SSSR count). The number of Topliss-reactive ketones (excluding diaryl/α,β-unsaturated/α-hetero) is 1. The quantitative estimate of drug-likeness (QED) is 0.477. The molecule has 4 nitrogen and oxygen atoms in total. The van der Waals surface area contributed by atoms with Crippen molar-refractivity contribution in [2.45, 2.75) is 6.42 Å². The Balaban J connectivity index is 2.12. The Hall–Kier alpha value is -1.53. The van der Waals surface area contributed by atoms with E-state index < -0.39 is 4.92 Å². The molecule has 0 aliphatic rings. The predicted octanol–water partition coefficient (Wildman–Crippen LogP) is 3.14. The number of ketones is 1. The molecular formula is C10H7NO3S2. The molecule has 0 aliphatic carbocycles. The van der Waals surface area contributed by atoms with E-state index in [1.807, 2.05) is 16.8 Å². The van der Waals surface area contributed by atoms with Crippen molar-refractivity contribution >= 4 is 33.5 Å². The molecule has 0 saturated heterocycles. The normalized spacial score (nSPS) is 10.2. The summed E-state index contributed by atoms with van der Waals surface area (Å²) in [6.45, 7) is 0. The highest BCUT2D eigenvalue weighted by Crippen LogP contribution is 2.25. The van der Waals surface area contributed by atoms with Crippen LogP contribution in [-0.4, -0.2) is 10.7 Å². The Bertz CT molecular complexity index is 516. The zero-order chi connectivity index (χ0) is 11.5. The molecular weight excluding hydrogens is 246 g/mol. The zero-order valence-corrected chi connectivity index (χ0v) is 9.72. The molecule has 0 N–H and O–H groups in total. The Morgan fingerprint density at radius 1 is 1.38 bits per heavy atom. The molecule has 0 unspecified atom stereocenters. The number of nitro groups is 1. The van der Waals surface area contributed by atoms with Gasteiger partial charge in [-0.05, 0) is 28.5 Å². The molecule has 2 aromatic heterocycles. The van der Waals surface area contributed by atoms with Crippen LogP contribution in [0.3, 0.4) is 0 Å². The van der Waals surface area contributed by atoms with Crippen LogP contribution in [0, 0.1) is 10.1 Å². The van der Waals surface area contributed by atoms with Gasteiger partial charge in [0.05, 0.1) is 9.80 Å². The smallest absolute Gasteiger partial charge is 0.293 e. The molecule has 0 aliphatic heterocycles. The fraction of sp³-hybridized carbons (Fsp3) is 0.100. The number of carbonyl (C=O) groups is 1. The van der Waals surface area contributed by atoms with Gasteiger partial charge in [0.15, 0.2) is 5.78 Å². The van der Waals surface area contributed by atoms with Crippen LogP contribution in [0.25, 0.3) is 0 Å². The molecule has 0 fully saturated rings. The second-order valence-electron chi connectivity index (χ2n) is 3.13. The number of nitrogens with zero attached hydrogens (tertiary/aromatic N) is 1. The number of thiophene rings is 2. The summed E-state index contributed by atoms with van der Waals surface area (Å²) in [6.07, 6.45) is 0.307. The summed E-state index contributed by atoms with van der Waals surface area (Å²) in [5.41, 5.74) is 0.950. The second kappa shape index (κ2) is 4.54. The Labute approximate surface area is 99.3 Å². The standard InChI is InChI=1S/C10H7NO3S2/c12-8(5-7-3-4-15-6-7)9-1-2-10(16-9)11(13)14/h1-4,6H,5H2. The van der Waals surface area contributed by atoms with E-state index in [-0.39, 0.29) is 10.8 Å². The first-order valence-corrected chi connectivity index (χ1v) is 6.21. The molecule has 0 atom stereocenters. The van der Waals surface area contributed by atoms with E-state index in [0.717, 1.165) is 16.9 Å². The third kappa shape index (κ3) is 2.34. The largest absolute Gasteiger partial charge is 0.324 e. The van der Waals surface area contributed by atoms with E-state index in [1.165, 1.54) is 23.5 Å². The van der Waals surface area contributed by atoms with Gasteiger partial charge in [-0.15, -0.1) is 0 Å². The van der Waals surface area contributed by atoms with Crippen LogP contribution >= 0.6 is 22.7 Å².